The lowest BCUT2D eigenvalue weighted by atomic mass is 10.0. The molecule has 21 heavy (non-hydrogen) atoms. The fourth-order valence-electron chi connectivity index (χ4n) is 2.97. The van der Waals surface area contributed by atoms with Gasteiger partial charge in [-0.05, 0) is 43.1 Å². The molecule has 0 aromatic heterocycles. The van der Waals surface area contributed by atoms with Crippen LogP contribution in [0.5, 0.6) is 5.75 Å². The zero-order valence-corrected chi connectivity index (χ0v) is 13.2. The molecule has 1 N–H and O–H groups in total. The van der Waals surface area contributed by atoms with E-state index in [-0.39, 0.29) is 23.1 Å². The second-order valence-corrected chi connectivity index (χ2v) is 7.23. The van der Waals surface area contributed by atoms with Crippen molar-refractivity contribution >= 4 is 22.4 Å². The molecule has 0 bridgehead atoms. The summed E-state index contributed by atoms with van der Waals surface area (Å²) in [7, 11) is -2.27. The Morgan fingerprint density at radius 1 is 1.29 bits per heavy atom. The fourth-order valence-corrected chi connectivity index (χ4v) is 4.53. The third-order valence-corrected chi connectivity index (χ3v) is 5.94. The second kappa shape index (κ2) is 6.08. The number of hydrogen-bond acceptors (Lipinski definition) is 4. The number of ether oxygens (including phenoxy) is 1. The Labute approximate surface area is 129 Å². The molecule has 2 aliphatic heterocycles. The zero-order chi connectivity index (χ0) is 14.3. The van der Waals surface area contributed by atoms with Gasteiger partial charge in [-0.25, -0.2) is 12.8 Å². The summed E-state index contributed by atoms with van der Waals surface area (Å²) < 4.78 is 45.0. The Morgan fingerprint density at radius 3 is 2.43 bits per heavy atom. The minimum Gasteiger partial charge on any atom is -0.494 e. The Balaban J connectivity index is 0.00000161. The van der Waals surface area contributed by atoms with Crippen LogP contribution >= 0.6 is 12.4 Å². The molecule has 0 radical (unpaired) electrons. The van der Waals surface area contributed by atoms with Crippen LogP contribution in [0.4, 0.5) is 4.39 Å². The van der Waals surface area contributed by atoms with Crippen LogP contribution in [-0.4, -0.2) is 46.0 Å². The predicted molar refractivity (Wildman–Crippen MR) is 78.8 cm³/mol. The summed E-state index contributed by atoms with van der Waals surface area (Å²) in [6.45, 7) is 2.72. The maximum absolute atomic E-state index is 13.7. The number of halogens is 2. The molecule has 3 rings (SSSR count). The molecule has 2 saturated heterocycles. The molecule has 2 atom stereocenters. The molecular weight excluding hydrogens is 319 g/mol. The van der Waals surface area contributed by atoms with Gasteiger partial charge in [-0.2, -0.15) is 4.31 Å². The van der Waals surface area contributed by atoms with E-state index in [0.717, 1.165) is 19.2 Å². The summed E-state index contributed by atoms with van der Waals surface area (Å²) >= 11 is 0. The molecule has 0 saturated carbocycles. The number of methoxy groups -OCH3 is 1. The highest BCUT2D eigenvalue weighted by atomic mass is 35.5. The number of nitrogens with zero attached hydrogens (tertiary/aromatic N) is 1. The third kappa shape index (κ3) is 2.88. The first kappa shape index (κ1) is 16.5. The minimum absolute atomic E-state index is 0. The van der Waals surface area contributed by atoms with E-state index in [1.807, 2.05) is 0 Å². The van der Waals surface area contributed by atoms with Crippen molar-refractivity contribution in [2.24, 2.45) is 11.8 Å². The summed E-state index contributed by atoms with van der Waals surface area (Å²) in [6, 6.07) is 3.77. The Hall–Kier alpha value is -0.890. The van der Waals surface area contributed by atoms with E-state index in [1.54, 1.807) is 0 Å². The van der Waals surface area contributed by atoms with Crippen LogP contribution in [-0.2, 0) is 10.0 Å². The summed E-state index contributed by atoms with van der Waals surface area (Å²) in [6.07, 6.45) is 0. The number of hydrogen-bond donors (Lipinski definition) is 1. The number of nitrogens with one attached hydrogen (secondary N) is 1. The summed E-state index contributed by atoms with van der Waals surface area (Å²) in [5.41, 5.74) is 0. The van der Waals surface area contributed by atoms with Gasteiger partial charge in [-0.3, -0.25) is 0 Å². The quantitative estimate of drug-likeness (QED) is 0.898. The lowest BCUT2D eigenvalue weighted by molar-refractivity contribution is 0.385. The minimum atomic E-state index is -3.62. The van der Waals surface area contributed by atoms with Gasteiger partial charge >= 0.3 is 0 Å². The van der Waals surface area contributed by atoms with Crippen molar-refractivity contribution in [3.05, 3.63) is 24.0 Å². The van der Waals surface area contributed by atoms with E-state index in [9.17, 15) is 12.8 Å². The number of sulfonamides is 1. The van der Waals surface area contributed by atoms with Gasteiger partial charge < -0.3 is 10.1 Å². The van der Waals surface area contributed by atoms with Crippen molar-refractivity contribution in [3.8, 4) is 5.75 Å². The van der Waals surface area contributed by atoms with Gasteiger partial charge in [-0.1, -0.05) is 0 Å². The molecule has 5 nitrogen and oxygen atoms in total. The third-order valence-electron chi connectivity index (χ3n) is 4.12. The molecule has 0 amide bonds. The van der Waals surface area contributed by atoms with Gasteiger partial charge in [0, 0.05) is 13.1 Å². The lowest BCUT2D eigenvalue weighted by Gasteiger charge is -2.17. The molecule has 1 aromatic rings. The van der Waals surface area contributed by atoms with Crippen molar-refractivity contribution in [1.82, 2.24) is 9.62 Å². The molecule has 2 heterocycles. The molecule has 118 valence electrons. The molecule has 2 fully saturated rings. The molecule has 0 unspecified atom stereocenters. The molecule has 8 heteroatoms. The van der Waals surface area contributed by atoms with Gasteiger partial charge in [0.05, 0.1) is 12.0 Å². The average Bonchev–Trinajstić information content (AvgIpc) is 2.99. The first-order valence-corrected chi connectivity index (χ1v) is 8.01. The van der Waals surface area contributed by atoms with Gasteiger partial charge in [0.25, 0.3) is 0 Å². The molecule has 0 spiro atoms. The highest BCUT2D eigenvalue weighted by Crippen LogP contribution is 2.31. The Kier molecular flexibility index (Phi) is 4.77. The fraction of sp³-hybridized carbons (Fsp3) is 0.538. The van der Waals surface area contributed by atoms with E-state index < -0.39 is 15.8 Å². The summed E-state index contributed by atoms with van der Waals surface area (Å²) in [4.78, 5) is -0.0104. The van der Waals surface area contributed by atoms with E-state index in [0.29, 0.717) is 24.9 Å². The van der Waals surface area contributed by atoms with Crippen molar-refractivity contribution < 1.29 is 17.5 Å². The topological polar surface area (TPSA) is 58.6 Å². The first-order chi connectivity index (χ1) is 9.52. The number of benzene rings is 1. The van der Waals surface area contributed by atoms with Crippen LogP contribution < -0.4 is 10.1 Å². The monoisotopic (exact) mass is 336 g/mol. The lowest BCUT2D eigenvalue weighted by Crippen LogP contribution is -2.32. The predicted octanol–water partition coefficient (Wildman–Crippen LogP) is 1.10. The Bertz CT molecular complexity index is 614. The van der Waals surface area contributed by atoms with Gasteiger partial charge in [-0.15, -0.1) is 12.4 Å². The van der Waals surface area contributed by atoms with Crippen molar-refractivity contribution in [3.63, 3.8) is 0 Å². The zero-order valence-electron chi connectivity index (χ0n) is 11.6. The maximum Gasteiger partial charge on any atom is 0.243 e. The molecular formula is C13H18ClFN2O3S. The summed E-state index contributed by atoms with van der Waals surface area (Å²) in [5, 5.41) is 3.26. The van der Waals surface area contributed by atoms with E-state index in [1.165, 1.54) is 23.5 Å². The SMILES string of the molecule is COc1ccc(S(=O)(=O)N2C[C@H]3CNC[C@H]3C2)cc1F.Cl. The van der Waals surface area contributed by atoms with Crippen LogP contribution in [0, 0.1) is 17.7 Å². The smallest absolute Gasteiger partial charge is 0.243 e. The number of fused-ring (bicyclic) bond motifs is 1. The van der Waals surface area contributed by atoms with Crippen LogP contribution in [0.3, 0.4) is 0 Å². The van der Waals surface area contributed by atoms with Crippen LogP contribution in [0.1, 0.15) is 0 Å². The van der Waals surface area contributed by atoms with Gasteiger partial charge in [0.1, 0.15) is 0 Å². The van der Waals surface area contributed by atoms with Gasteiger partial charge in [0.15, 0.2) is 11.6 Å². The summed E-state index contributed by atoms with van der Waals surface area (Å²) in [5.74, 6) is 0.127. The van der Waals surface area contributed by atoms with Crippen LogP contribution in [0.2, 0.25) is 0 Å². The molecule has 2 aliphatic rings. The maximum atomic E-state index is 13.7. The van der Waals surface area contributed by atoms with E-state index in [4.69, 9.17) is 4.74 Å². The van der Waals surface area contributed by atoms with E-state index in [2.05, 4.69) is 5.32 Å². The standard InChI is InChI=1S/C13H17FN2O3S.ClH/c1-19-13-3-2-11(4-12(13)14)20(17,18)16-7-9-5-15-6-10(9)8-16;/h2-4,9-10,15H,5-8H2,1H3;1H/t9-,10+;. The van der Waals surface area contributed by atoms with Crippen molar-refractivity contribution in [1.29, 1.82) is 0 Å². The average molecular weight is 337 g/mol. The molecule has 1 aromatic carbocycles. The first-order valence-electron chi connectivity index (χ1n) is 6.57. The second-order valence-electron chi connectivity index (χ2n) is 5.30. The highest BCUT2D eigenvalue weighted by Gasteiger charge is 2.41. The van der Waals surface area contributed by atoms with Crippen molar-refractivity contribution in [2.75, 3.05) is 33.3 Å². The molecule has 0 aliphatic carbocycles. The van der Waals surface area contributed by atoms with E-state index >= 15 is 0 Å². The Morgan fingerprint density at radius 2 is 1.90 bits per heavy atom. The van der Waals surface area contributed by atoms with Gasteiger partial charge in [0.2, 0.25) is 10.0 Å². The highest BCUT2D eigenvalue weighted by molar-refractivity contribution is 7.89. The normalized spacial score (nSPS) is 25.4. The van der Waals surface area contributed by atoms with Crippen LogP contribution in [0.15, 0.2) is 23.1 Å². The number of rotatable bonds is 3. The van der Waals surface area contributed by atoms with Crippen molar-refractivity contribution in [2.45, 2.75) is 4.90 Å². The largest absolute Gasteiger partial charge is 0.494 e. The van der Waals surface area contributed by atoms with Crippen LogP contribution in [0.25, 0.3) is 0 Å².